The first-order valence-corrected chi connectivity index (χ1v) is 11.8. The molecule has 2 N–H and O–H groups in total. The number of hydrogen-bond donors (Lipinski definition) is 2. The Morgan fingerprint density at radius 3 is 2.58 bits per heavy atom. The lowest BCUT2D eigenvalue weighted by atomic mass is 10.0. The molecule has 4 rings (SSSR count). The number of aromatic amines is 1. The topological polar surface area (TPSA) is 91.9 Å². The van der Waals surface area contributed by atoms with Gasteiger partial charge >= 0.3 is 0 Å². The fourth-order valence-corrected chi connectivity index (χ4v) is 4.68. The number of nitrogens with zero attached hydrogens (tertiary/aromatic N) is 1. The van der Waals surface area contributed by atoms with Crippen LogP contribution < -0.4 is 4.72 Å². The molecular formula is C23H18ClF2N3O3S. The number of pyridine rings is 1. The van der Waals surface area contributed by atoms with E-state index in [1.807, 2.05) is 6.92 Å². The van der Waals surface area contributed by atoms with Crippen LogP contribution in [0.2, 0.25) is 5.02 Å². The van der Waals surface area contributed by atoms with E-state index in [0.29, 0.717) is 5.65 Å². The minimum atomic E-state index is -4.17. The van der Waals surface area contributed by atoms with Gasteiger partial charge in [-0.25, -0.2) is 22.2 Å². The van der Waals surface area contributed by atoms with Gasteiger partial charge in [0.1, 0.15) is 11.5 Å². The Hall–Kier alpha value is -3.30. The Morgan fingerprint density at radius 2 is 1.88 bits per heavy atom. The van der Waals surface area contributed by atoms with Gasteiger partial charge in [-0.1, -0.05) is 37.1 Å². The molecule has 0 saturated carbocycles. The van der Waals surface area contributed by atoms with Crippen molar-refractivity contribution in [1.29, 1.82) is 0 Å². The Labute approximate surface area is 193 Å². The zero-order chi connectivity index (χ0) is 23.8. The van der Waals surface area contributed by atoms with Crippen LogP contribution in [0.3, 0.4) is 0 Å². The molecule has 0 bridgehead atoms. The Morgan fingerprint density at radius 1 is 1.15 bits per heavy atom. The van der Waals surface area contributed by atoms with Crippen LogP contribution >= 0.6 is 11.6 Å². The summed E-state index contributed by atoms with van der Waals surface area (Å²) in [5, 5.41) is 0.521. The summed E-state index contributed by atoms with van der Waals surface area (Å²) in [6, 6.07) is 9.36. The summed E-state index contributed by atoms with van der Waals surface area (Å²) in [4.78, 5) is 19.7. The Balaban J connectivity index is 1.71. The van der Waals surface area contributed by atoms with E-state index in [0.717, 1.165) is 30.5 Å². The largest absolute Gasteiger partial charge is 0.345 e. The number of halogens is 3. The van der Waals surface area contributed by atoms with Crippen molar-refractivity contribution in [2.75, 3.05) is 4.72 Å². The number of anilines is 1. The number of nitrogens with one attached hydrogen (secondary N) is 2. The number of carbonyl (C=O) groups excluding carboxylic acids is 1. The van der Waals surface area contributed by atoms with Crippen molar-refractivity contribution in [2.45, 2.75) is 24.7 Å². The molecule has 0 saturated heterocycles. The Bertz CT molecular complexity index is 1470. The molecular weight excluding hydrogens is 472 g/mol. The smallest absolute Gasteiger partial charge is 0.261 e. The highest BCUT2D eigenvalue weighted by Crippen LogP contribution is 2.29. The summed E-state index contributed by atoms with van der Waals surface area (Å²) in [5.41, 5.74) is -0.218. The number of aryl methyl sites for hydroxylation is 1. The van der Waals surface area contributed by atoms with Crippen molar-refractivity contribution < 1.29 is 22.0 Å². The maximum absolute atomic E-state index is 15.2. The predicted molar refractivity (Wildman–Crippen MR) is 122 cm³/mol. The number of ketones is 1. The highest BCUT2D eigenvalue weighted by molar-refractivity contribution is 7.92. The molecule has 0 radical (unpaired) electrons. The van der Waals surface area contributed by atoms with Gasteiger partial charge in [0.25, 0.3) is 10.0 Å². The van der Waals surface area contributed by atoms with E-state index in [-0.39, 0.29) is 20.9 Å². The average Bonchev–Trinajstić information content (AvgIpc) is 3.19. The zero-order valence-electron chi connectivity index (χ0n) is 17.3. The summed E-state index contributed by atoms with van der Waals surface area (Å²) < 4.78 is 57.4. The van der Waals surface area contributed by atoms with E-state index >= 15 is 4.39 Å². The number of benzene rings is 2. The highest BCUT2D eigenvalue weighted by Gasteiger charge is 2.26. The predicted octanol–water partition coefficient (Wildman–Crippen LogP) is 5.48. The quantitative estimate of drug-likeness (QED) is 0.336. The molecule has 2 aromatic heterocycles. The zero-order valence-corrected chi connectivity index (χ0v) is 18.9. The van der Waals surface area contributed by atoms with Gasteiger partial charge in [-0.3, -0.25) is 9.52 Å². The highest BCUT2D eigenvalue weighted by atomic mass is 35.5. The van der Waals surface area contributed by atoms with Crippen molar-refractivity contribution in [3.63, 3.8) is 0 Å². The third-order valence-corrected chi connectivity index (χ3v) is 6.67. The standard InChI is InChI=1S/C23H18ClF2N3O3S/c1-2-3-13-4-6-15(7-5-13)33(31,32)29-19-9-8-18(25)20(21(19)26)22(30)17-12-28-23-16(17)10-14(24)11-27-23/h4-12,29H,2-3H2,1H3,(H,27,28). The number of sulfonamides is 1. The molecule has 2 aromatic carbocycles. The van der Waals surface area contributed by atoms with E-state index in [9.17, 15) is 17.6 Å². The molecule has 0 aliphatic heterocycles. The maximum atomic E-state index is 15.2. The van der Waals surface area contributed by atoms with Crippen LogP contribution in [0.1, 0.15) is 34.8 Å². The first kappa shape index (κ1) is 22.9. The van der Waals surface area contributed by atoms with Crippen LogP contribution in [-0.2, 0) is 16.4 Å². The summed E-state index contributed by atoms with van der Waals surface area (Å²) in [5.74, 6) is -3.44. The summed E-state index contributed by atoms with van der Waals surface area (Å²) in [7, 11) is -4.17. The lowest BCUT2D eigenvalue weighted by molar-refractivity contribution is 0.103. The van der Waals surface area contributed by atoms with Gasteiger partial charge < -0.3 is 4.98 Å². The molecule has 0 aliphatic carbocycles. The minimum Gasteiger partial charge on any atom is -0.345 e. The lowest BCUT2D eigenvalue weighted by Crippen LogP contribution is -2.16. The fourth-order valence-electron chi connectivity index (χ4n) is 3.47. The van der Waals surface area contributed by atoms with Gasteiger partial charge in [0.2, 0.25) is 5.78 Å². The number of hydrogen-bond acceptors (Lipinski definition) is 4. The molecule has 10 heteroatoms. The molecule has 0 atom stereocenters. The number of aromatic nitrogens is 2. The van der Waals surface area contributed by atoms with Crippen LogP contribution in [0.25, 0.3) is 11.0 Å². The normalized spacial score (nSPS) is 11.6. The first-order chi connectivity index (χ1) is 15.7. The third-order valence-electron chi connectivity index (χ3n) is 5.08. The van der Waals surface area contributed by atoms with Gasteiger partial charge in [-0.05, 0) is 42.3 Å². The van der Waals surface area contributed by atoms with Crippen molar-refractivity contribution in [1.82, 2.24) is 9.97 Å². The van der Waals surface area contributed by atoms with Crippen LogP contribution in [0.4, 0.5) is 14.5 Å². The molecule has 0 amide bonds. The number of H-pyrrole nitrogens is 1. The van der Waals surface area contributed by atoms with Crippen molar-refractivity contribution in [3.8, 4) is 0 Å². The van der Waals surface area contributed by atoms with Gasteiger partial charge in [-0.15, -0.1) is 0 Å². The molecule has 0 aliphatic rings. The SMILES string of the molecule is CCCc1ccc(S(=O)(=O)Nc2ccc(F)c(C(=O)c3c[nH]c4ncc(Cl)cc34)c2F)cc1. The number of fused-ring (bicyclic) bond motifs is 1. The van der Waals surface area contributed by atoms with E-state index in [2.05, 4.69) is 14.7 Å². The van der Waals surface area contributed by atoms with Crippen LogP contribution in [0.5, 0.6) is 0 Å². The van der Waals surface area contributed by atoms with E-state index < -0.39 is 38.7 Å². The first-order valence-electron chi connectivity index (χ1n) is 9.98. The summed E-state index contributed by atoms with van der Waals surface area (Å²) >= 11 is 5.93. The lowest BCUT2D eigenvalue weighted by Gasteiger charge is -2.12. The second-order valence-corrected chi connectivity index (χ2v) is 9.48. The van der Waals surface area contributed by atoms with Gasteiger partial charge in [0, 0.05) is 23.3 Å². The number of rotatable bonds is 7. The second-order valence-electron chi connectivity index (χ2n) is 7.36. The average molecular weight is 490 g/mol. The summed E-state index contributed by atoms with van der Waals surface area (Å²) in [6.07, 6.45) is 4.32. The van der Waals surface area contributed by atoms with Gasteiger partial charge in [0.15, 0.2) is 5.82 Å². The molecule has 2 heterocycles. The van der Waals surface area contributed by atoms with E-state index in [4.69, 9.17) is 11.6 Å². The third kappa shape index (κ3) is 4.46. The van der Waals surface area contributed by atoms with Crippen LogP contribution in [-0.4, -0.2) is 24.2 Å². The second kappa shape index (κ2) is 8.92. The Kier molecular flexibility index (Phi) is 6.18. The summed E-state index contributed by atoms with van der Waals surface area (Å²) in [6.45, 7) is 2.00. The van der Waals surface area contributed by atoms with E-state index in [1.165, 1.54) is 30.6 Å². The molecule has 33 heavy (non-hydrogen) atoms. The molecule has 6 nitrogen and oxygen atoms in total. The van der Waals surface area contributed by atoms with Crippen LogP contribution in [0, 0.1) is 11.6 Å². The van der Waals surface area contributed by atoms with Crippen LogP contribution in [0.15, 0.2) is 59.8 Å². The molecule has 0 spiro atoms. The minimum absolute atomic E-state index is 0.0516. The maximum Gasteiger partial charge on any atom is 0.261 e. The molecule has 0 fully saturated rings. The molecule has 4 aromatic rings. The molecule has 0 unspecified atom stereocenters. The fraction of sp³-hybridized carbons (Fsp3) is 0.130. The van der Waals surface area contributed by atoms with Crippen molar-refractivity contribution >= 4 is 44.1 Å². The monoisotopic (exact) mass is 489 g/mol. The van der Waals surface area contributed by atoms with Crippen molar-refractivity contribution in [2.24, 2.45) is 0 Å². The van der Waals surface area contributed by atoms with Crippen molar-refractivity contribution in [3.05, 3.63) is 88.2 Å². The molecule has 170 valence electrons. The van der Waals surface area contributed by atoms with E-state index in [1.54, 1.807) is 12.1 Å². The number of carbonyl (C=O) groups is 1. The van der Waals surface area contributed by atoms with Gasteiger partial charge in [-0.2, -0.15) is 0 Å². The van der Waals surface area contributed by atoms with Gasteiger partial charge in [0.05, 0.1) is 21.2 Å².